The lowest BCUT2D eigenvalue weighted by Crippen LogP contribution is -2.46. The van der Waals surface area contributed by atoms with Gasteiger partial charge in [-0.15, -0.1) is 0 Å². The second-order valence-corrected chi connectivity index (χ2v) is 7.62. The summed E-state index contributed by atoms with van der Waals surface area (Å²) in [6.45, 7) is 8.71. The number of aromatic nitrogens is 1. The molecule has 1 fully saturated rings. The third-order valence-electron chi connectivity index (χ3n) is 5.56. The molecule has 26 heavy (non-hydrogen) atoms. The predicted molar refractivity (Wildman–Crippen MR) is 105 cm³/mol. The summed E-state index contributed by atoms with van der Waals surface area (Å²) in [7, 11) is 2.25. The van der Waals surface area contributed by atoms with Crippen LogP contribution in [0.15, 0.2) is 53.3 Å². The van der Waals surface area contributed by atoms with E-state index in [0.717, 1.165) is 37.3 Å². The first kappa shape index (κ1) is 17.3. The van der Waals surface area contributed by atoms with Gasteiger partial charge in [0, 0.05) is 43.8 Å². The van der Waals surface area contributed by atoms with Crippen molar-refractivity contribution in [2.75, 3.05) is 26.7 Å². The maximum absolute atomic E-state index is 5.46. The van der Waals surface area contributed by atoms with Crippen LogP contribution in [-0.4, -0.2) is 41.5 Å². The molecule has 136 valence electrons. The SMILES string of the molecule is CC(C)c1ccccc1C1CN(Cc2ccnc3occc23)CCN1C. The zero-order valence-corrected chi connectivity index (χ0v) is 15.9. The molecule has 3 aromatic rings. The standard InChI is InChI=1S/C22H27N3O/c1-16(2)18-6-4-5-7-20(18)21-15-25(12-11-24(21)3)14-17-8-10-23-22-19(17)9-13-26-22/h4-10,13,16,21H,11-12,14-15H2,1-3H3. The van der Waals surface area contributed by atoms with E-state index >= 15 is 0 Å². The molecule has 0 spiro atoms. The van der Waals surface area contributed by atoms with Gasteiger partial charge in [-0.1, -0.05) is 38.1 Å². The summed E-state index contributed by atoms with van der Waals surface area (Å²) < 4.78 is 5.46. The van der Waals surface area contributed by atoms with Crippen molar-refractivity contribution >= 4 is 11.1 Å². The molecule has 1 aliphatic rings. The van der Waals surface area contributed by atoms with Gasteiger partial charge in [-0.25, -0.2) is 4.98 Å². The second kappa shape index (κ2) is 7.22. The summed E-state index contributed by atoms with van der Waals surface area (Å²) in [5.41, 5.74) is 4.97. The highest BCUT2D eigenvalue weighted by atomic mass is 16.3. The highest BCUT2D eigenvalue weighted by Crippen LogP contribution is 2.31. The van der Waals surface area contributed by atoms with Gasteiger partial charge in [0.25, 0.3) is 0 Å². The maximum Gasteiger partial charge on any atom is 0.226 e. The Balaban J connectivity index is 1.58. The molecular formula is C22H27N3O. The Kier molecular flexibility index (Phi) is 4.79. The van der Waals surface area contributed by atoms with Crippen molar-refractivity contribution in [2.45, 2.75) is 32.4 Å². The van der Waals surface area contributed by atoms with Crippen LogP contribution >= 0.6 is 0 Å². The van der Waals surface area contributed by atoms with E-state index in [0.29, 0.717) is 12.0 Å². The molecule has 0 N–H and O–H groups in total. The highest BCUT2D eigenvalue weighted by Gasteiger charge is 2.28. The van der Waals surface area contributed by atoms with Gasteiger partial charge in [-0.05, 0) is 41.8 Å². The van der Waals surface area contributed by atoms with Gasteiger partial charge in [-0.3, -0.25) is 9.80 Å². The molecule has 0 radical (unpaired) electrons. The fourth-order valence-corrected chi connectivity index (χ4v) is 4.06. The van der Waals surface area contributed by atoms with Crippen molar-refractivity contribution in [3.63, 3.8) is 0 Å². The molecule has 1 unspecified atom stereocenters. The lowest BCUT2D eigenvalue weighted by Gasteiger charge is -2.40. The molecular weight excluding hydrogens is 322 g/mol. The molecule has 0 aliphatic carbocycles. The summed E-state index contributed by atoms with van der Waals surface area (Å²) in [6.07, 6.45) is 3.58. The number of furan rings is 1. The molecule has 3 heterocycles. The average Bonchev–Trinajstić information content (AvgIpc) is 3.13. The highest BCUT2D eigenvalue weighted by molar-refractivity contribution is 5.77. The zero-order chi connectivity index (χ0) is 18.1. The number of piperazine rings is 1. The summed E-state index contributed by atoms with van der Waals surface area (Å²) >= 11 is 0. The topological polar surface area (TPSA) is 32.5 Å². The van der Waals surface area contributed by atoms with Crippen LogP contribution < -0.4 is 0 Å². The van der Waals surface area contributed by atoms with Crippen molar-refractivity contribution in [3.05, 3.63) is 65.5 Å². The van der Waals surface area contributed by atoms with Crippen LogP contribution in [0.5, 0.6) is 0 Å². The Labute approximate surface area is 155 Å². The van der Waals surface area contributed by atoms with Gasteiger partial charge in [0.15, 0.2) is 0 Å². The van der Waals surface area contributed by atoms with E-state index < -0.39 is 0 Å². The Morgan fingerprint density at radius 2 is 2.00 bits per heavy atom. The number of pyridine rings is 1. The van der Waals surface area contributed by atoms with E-state index in [1.807, 2.05) is 12.3 Å². The molecule has 4 nitrogen and oxygen atoms in total. The number of fused-ring (bicyclic) bond motifs is 1. The van der Waals surface area contributed by atoms with Crippen LogP contribution in [0.3, 0.4) is 0 Å². The quantitative estimate of drug-likeness (QED) is 0.697. The van der Waals surface area contributed by atoms with Crippen LogP contribution in [0.4, 0.5) is 0 Å². The minimum Gasteiger partial charge on any atom is -0.446 e. The lowest BCUT2D eigenvalue weighted by molar-refractivity contribution is 0.0902. The van der Waals surface area contributed by atoms with Crippen LogP contribution in [-0.2, 0) is 6.54 Å². The fourth-order valence-electron chi connectivity index (χ4n) is 4.06. The Morgan fingerprint density at radius 1 is 1.15 bits per heavy atom. The fraction of sp³-hybridized carbons (Fsp3) is 0.409. The van der Waals surface area contributed by atoms with Crippen molar-refractivity contribution in [1.29, 1.82) is 0 Å². The number of hydrogen-bond acceptors (Lipinski definition) is 4. The molecule has 0 bridgehead atoms. The van der Waals surface area contributed by atoms with Gasteiger partial charge in [0.05, 0.1) is 6.26 Å². The Hall–Kier alpha value is -2.17. The van der Waals surface area contributed by atoms with Gasteiger partial charge in [0.1, 0.15) is 0 Å². The molecule has 0 amide bonds. The van der Waals surface area contributed by atoms with E-state index in [-0.39, 0.29) is 0 Å². The van der Waals surface area contributed by atoms with E-state index in [2.05, 4.69) is 66.0 Å². The summed E-state index contributed by atoms with van der Waals surface area (Å²) in [4.78, 5) is 9.36. The molecule has 1 aromatic carbocycles. The Morgan fingerprint density at radius 3 is 2.85 bits per heavy atom. The van der Waals surface area contributed by atoms with E-state index in [1.165, 1.54) is 16.7 Å². The van der Waals surface area contributed by atoms with Gasteiger partial charge in [0.2, 0.25) is 5.71 Å². The van der Waals surface area contributed by atoms with Crippen LogP contribution in [0, 0.1) is 0 Å². The number of hydrogen-bond donors (Lipinski definition) is 0. The number of benzene rings is 1. The zero-order valence-electron chi connectivity index (χ0n) is 15.9. The minimum atomic E-state index is 0.434. The lowest BCUT2D eigenvalue weighted by atomic mass is 9.91. The van der Waals surface area contributed by atoms with Gasteiger partial charge >= 0.3 is 0 Å². The second-order valence-electron chi connectivity index (χ2n) is 7.62. The summed E-state index contributed by atoms with van der Waals surface area (Å²) in [5, 5.41) is 1.13. The first-order valence-electron chi connectivity index (χ1n) is 9.46. The van der Waals surface area contributed by atoms with Crippen LogP contribution in [0.25, 0.3) is 11.1 Å². The third kappa shape index (κ3) is 3.27. The summed E-state index contributed by atoms with van der Waals surface area (Å²) in [5.74, 6) is 0.542. The number of likely N-dealkylation sites (N-methyl/N-ethyl adjacent to an activating group) is 1. The monoisotopic (exact) mass is 349 g/mol. The molecule has 4 rings (SSSR count). The molecule has 4 heteroatoms. The smallest absolute Gasteiger partial charge is 0.226 e. The van der Waals surface area contributed by atoms with Crippen LogP contribution in [0.1, 0.15) is 42.5 Å². The van der Waals surface area contributed by atoms with Gasteiger partial charge in [-0.2, -0.15) is 0 Å². The van der Waals surface area contributed by atoms with Crippen molar-refractivity contribution < 1.29 is 4.42 Å². The molecule has 1 saturated heterocycles. The molecule has 0 saturated carbocycles. The van der Waals surface area contributed by atoms with Crippen LogP contribution in [0.2, 0.25) is 0 Å². The van der Waals surface area contributed by atoms with E-state index in [1.54, 1.807) is 6.26 Å². The predicted octanol–water partition coefficient (Wildman–Crippen LogP) is 4.44. The van der Waals surface area contributed by atoms with E-state index in [9.17, 15) is 0 Å². The normalized spacial score (nSPS) is 19.5. The van der Waals surface area contributed by atoms with Gasteiger partial charge < -0.3 is 4.42 Å². The first-order chi connectivity index (χ1) is 12.6. The Bertz CT molecular complexity index is 886. The molecule has 2 aromatic heterocycles. The largest absolute Gasteiger partial charge is 0.446 e. The average molecular weight is 349 g/mol. The molecule has 1 aliphatic heterocycles. The van der Waals surface area contributed by atoms with E-state index in [4.69, 9.17) is 4.42 Å². The maximum atomic E-state index is 5.46. The minimum absolute atomic E-state index is 0.434. The number of nitrogens with zero attached hydrogens (tertiary/aromatic N) is 3. The van der Waals surface area contributed by atoms with Crippen molar-refractivity contribution in [1.82, 2.24) is 14.8 Å². The van der Waals surface area contributed by atoms with Crippen molar-refractivity contribution in [2.24, 2.45) is 0 Å². The number of rotatable bonds is 4. The summed E-state index contributed by atoms with van der Waals surface area (Å²) in [6, 6.07) is 13.5. The third-order valence-corrected chi connectivity index (χ3v) is 5.56. The first-order valence-corrected chi connectivity index (χ1v) is 9.46. The van der Waals surface area contributed by atoms with Crippen molar-refractivity contribution in [3.8, 4) is 0 Å². The molecule has 1 atom stereocenters.